The average Bonchev–Trinajstić information content (AvgIpc) is 2.53. The van der Waals surface area contributed by atoms with Crippen LogP contribution in [0.5, 0.6) is 17.2 Å². The molecule has 0 saturated carbocycles. The van der Waals surface area contributed by atoms with Crippen LogP contribution < -0.4 is 14.2 Å². The van der Waals surface area contributed by atoms with Gasteiger partial charge >= 0.3 is 0 Å². The van der Waals surface area contributed by atoms with Gasteiger partial charge < -0.3 is 14.2 Å². The van der Waals surface area contributed by atoms with Crippen molar-refractivity contribution >= 4 is 28.1 Å². The standard InChI is InChI=1S/C17H17BrO3/c1-19-14-10-9-12(16(11-14)21-3)7-8-13-5-4-6-15(20-2)17(13)18/h4-11H,1-3H3. The second kappa shape index (κ2) is 7.18. The van der Waals surface area contributed by atoms with Crippen LogP contribution in [0.4, 0.5) is 0 Å². The van der Waals surface area contributed by atoms with E-state index in [1.165, 1.54) is 0 Å². The molecular weight excluding hydrogens is 332 g/mol. The molecular formula is C17H17BrO3. The zero-order valence-electron chi connectivity index (χ0n) is 12.2. The fourth-order valence-electron chi connectivity index (χ4n) is 1.95. The molecule has 0 aromatic heterocycles. The van der Waals surface area contributed by atoms with E-state index in [1.54, 1.807) is 21.3 Å². The Balaban J connectivity index is 2.33. The summed E-state index contributed by atoms with van der Waals surface area (Å²) in [7, 11) is 4.94. The Morgan fingerprint density at radius 2 is 1.52 bits per heavy atom. The van der Waals surface area contributed by atoms with Crippen molar-refractivity contribution < 1.29 is 14.2 Å². The van der Waals surface area contributed by atoms with Gasteiger partial charge in [0.05, 0.1) is 25.8 Å². The largest absolute Gasteiger partial charge is 0.497 e. The predicted octanol–water partition coefficient (Wildman–Crippen LogP) is 4.65. The van der Waals surface area contributed by atoms with E-state index in [0.29, 0.717) is 0 Å². The van der Waals surface area contributed by atoms with Crippen LogP contribution in [-0.4, -0.2) is 21.3 Å². The van der Waals surface area contributed by atoms with Gasteiger partial charge in [0.2, 0.25) is 0 Å². The molecule has 110 valence electrons. The Bertz CT molecular complexity index is 650. The van der Waals surface area contributed by atoms with Crippen LogP contribution in [0, 0.1) is 0 Å². The van der Waals surface area contributed by atoms with Gasteiger partial charge in [-0.15, -0.1) is 0 Å². The van der Waals surface area contributed by atoms with Crippen molar-refractivity contribution in [3.8, 4) is 17.2 Å². The minimum absolute atomic E-state index is 0.768. The predicted molar refractivity (Wildman–Crippen MR) is 89.2 cm³/mol. The van der Waals surface area contributed by atoms with Gasteiger partial charge in [0.15, 0.2) is 0 Å². The molecule has 0 saturated heterocycles. The fraction of sp³-hybridized carbons (Fsp3) is 0.176. The van der Waals surface area contributed by atoms with Gasteiger partial charge in [-0.25, -0.2) is 0 Å². The summed E-state index contributed by atoms with van der Waals surface area (Å²) in [6.07, 6.45) is 4.01. The Kier molecular flexibility index (Phi) is 5.28. The molecule has 0 radical (unpaired) electrons. The topological polar surface area (TPSA) is 27.7 Å². The summed E-state index contributed by atoms with van der Waals surface area (Å²) in [5.74, 6) is 2.34. The van der Waals surface area contributed by atoms with Crippen molar-refractivity contribution in [1.82, 2.24) is 0 Å². The van der Waals surface area contributed by atoms with Crippen molar-refractivity contribution in [2.24, 2.45) is 0 Å². The highest BCUT2D eigenvalue weighted by molar-refractivity contribution is 9.10. The lowest BCUT2D eigenvalue weighted by atomic mass is 10.1. The zero-order chi connectivity index (χ0) is 15.2. The van der Waals surface area contributed by atoms with Crippen LogP contribution in [0.2, 0.25) is 0 Å². The second-order valence-electron chi connectivity index (χ2n) is 4.30. The first-order chi connectivity index (χ1) is 10.2. The lowest BCUT2D eigenvalue weighted by Crippen LogP contribution is -1.89. The SMILES string of the molecule is COc1ccc(C=Cc2cccc(OC)c2Br)c(OC)c1. The second-order valence-corrected chi connectivity index (χ2v) is 5.10. The number of methoxy groups -OCH3 is 3. The summed E-state index contributed by atoms with van der Waals surface area (Å²) in [4.78, 5) is 0. The van der Waals surface area contributed by atoms with Gasteiger partial charge in [-0.1, -0.05) is 24.3 Å². The first-order valence-corrected chi connectivity index (χ1v) is 7.21. The third kappa shape index (κ3) is 3.58. The van der Waals surface area contributed by atoms with Crippen molar-refractivity contribution in [2.75, 3.05) is 21.3 Å². The van der Waals surface area contributed by atoms with Gasteiger partial charge in [-0.3, -0.25) is 0 Å². The monoisotopic (exact) mass is 348 g/mol. The molecule has 2 rings (SSSR count). The summed E-state index contributed by atoms with van der Waals surface area (Å²) in [6.45, 7) is 0. The van der Waals surface area contributed by atoms with E-state index in [4.69, 9.17) is 14.2 Å². The van der Waals surface area contributed by atoms with Crippen molar-refractivity contribution in [3.05, 3.63) is 52.0 Å². The Morgan fingerprint density at radius 1 is 0.810 bits per heavy atom. The van der Waals surface area contributed by atoms with E-state index in [-0.39, 0.29) is 0 Å². The minimum Gasteiger partial charge on any atom is -0.497 e. The highest BCUT2D eigenvalue weighted by atomic mass is 79.9. The highest BCUT2D eigenvalue weighted by Crippen LogP contribution is 2.31. The van der Waals surface area contributed by atoms with Crippen LogP contribution in [0.25, 0.3) is 12.2 Å². The Hall–Kier alpha value is -1.94. The van der Waals surface area contributed by atoms with Gasteiger partial charge in [0.25, 0.3) is 0 Å². The number of benzene rings is 2. The lowest BCUT2D eigenvalue weighted by molar-refractivity contribution is 0.394. The molecule has 21 heavy (non-hydrogen) atoms. The number of rotatable bonds is 5. The Labute approximate surface area is 133 Å². The fourth-order valence-corrected chi connectivity index (χ4v) is 2.51. The number of halogens is 1. The van der Waals surface area contributed by atoms with E-state index in [9.17, 15) is 0 Å². The molecule has 4 heteroatoms. The van der Waals surface area contributed by atoms with Crippen molar-refractivity contribution in [1.29, 1.82) is 0 Å². The molecule has 0 heterocycles. The highest BCUT2D eigenvalue weighted by Gasteiger charge is 2.05. The minimum atomic E-state index is 0.768. The van der Waals surface area contributed by atoms with Crippen LogP contribution in [-0.2, 0) is 0 Å². The third-order valence-corrected chi connectivity index (χ3v) is 3.94. The van der Waals surface area contributed by atoms with E-state index < -0.39 is 0 Å². The van der Waals surface area contributed by atoms with Gasteiger partial charge in [-0.05, 0) is 39.7 Å². The quantitative estimate of drug-likeness (QED) is 0.736. The van der Waals surface area contributed by atoms with E-state index in [0.717, 1.165) is 32.8 Å². The molecule has 2 aromatic carbocycles. The van der Waals surface area contributed by atoms with Gasteiger partial charge in [-0.2, -0.15) is 0 Å². The molecule has 0 N–H and O–H groups in total. The van der Waals surface area contributed by atoms with Crippen molar-refractivity contribution in [2.45, 2.75) is 0 Å². The maximum Gasteiger partial charge on any atom is 0.133 e. The Morgan fingerprint density at radius 3 is 2.19 bits per heavy atom. The first kappa shape index (κ1) is 15.4. The number of ether oxygens (including phenoxy) is 3. The van der Waals surface area contributed by atoms with E-state index >= 15 is 0 Å². The molecule has 0 spiro atoms. The number of hydrogen-bond acceptors (Lipinski definition) is 3. The summed E-state index contributed by atoms with van der Waals surface area (Å²) in [6, 6.07) is 11.6. The summed E-state index contributed by atoms with van der Waals surface area (Å²) < 4.78 is 16.8. The molecule has 0 bridgehead atoms. The molecule has 0 aliphatic rings. The summed E-state index contributed by atoms with van der Waals surface area (Å²) in [5.41, 5.74) is 2.01. The van der Waals surface area contributed by atoms with Crippen LogP contribution >= 0.6 is 15.9 Å². The molecule has 0 aliphatic carbocycles. The number of hydrogen-bond donors (Lipinski definition) is 0. The smallest absolute Gasteiger partial charge is 0.133 e. The lowest BCUT2D eigenvalue weighted by Gasteiger charge is -2.08. The average molecular weight is 349 g/mol. The maximum atomic E-state index is 5.38. The molecule has 0 fully saturated rings. The van der Waals surface area contributed by atoms with E-state index in [1.807, 2.05) is 48.6 Å². The third-order valence-electron chi connectivity index (χ3n) is 3.10. The maximum absolute atomic E-state index is 5.38. The van der Waals surface area contributed by atoms with Crippen LogP contribution in [0.1, 0.15) is 11.1 Å². The molecule has 0 aliphatic heterocycles. The molecule has 0 atom stereocenters. The summed E-state index contributed by atoms with van der Waals surface area (Å²) >= 11 is 3.55. The van der Waals surface area contributed by atoms with Gasteiger partial charge in [0, 0.05) is 11.6 Å². The van der Waals surface area contributed by atoms with E-state index in [2.05, 4.69) is 15.9 Å². The molecule has 0 unspecified atom stereocenters. The molecule has 3 nitrogen and oxygen atoms in total. The normalized spacial score (nSPS) is 10.7. The summed E-state index contributed by atoms with van der Waals surface area (Å²) in [5, 5.41) is 0. The van der Waals surface area contributed by atoms with Crippen LogP contribution in [0.15, 0.2) is 40.9 Å². The molecule has 0 amide bonds. The van der Waals surface area contributed by atoms with Crippen molar-refractivity contribution in [3.63, 3.8) is 0 Å². The molecule has 2 aromatic rings. The zero-order valence-corrected chi connectivity index (χ0v) is 13.8. The first-order valence-electron chi connectivity index (χ1n) is 6.42. The van der Waals surface area contributed by atoms with Crippen LogP contribution in [0.3, 0.4) is 0 Å². The van der Waals surface area contributed by atoms with Gasteiger partial charge in [0.1, 0.15) is 17.2 Å².